The molecule has 1 fully saturated rings. The van der Waals surface area contributed by atoms with Crippen molar-refractivity contribution in [2.75, 3.05) is 32.9 Å². The van der Waals surface area contributed by atoms with E-state index in [0.717, 1.165) is 6.42 Å². The molecule has 0 aromatic rings. The predicted octanol–water partition coefficient (Wildman–Crippen LogP) is 0.280. The van der Waals surface area contributed by atoms with Crippen molar-refractivity contribution < 1.29 is 24.5 Å². The molecule has 2 amide bonds. The number of morpholine rings is 1. The number of aliphatic carboxylic acids is 1. The maximum Gasteiger partial charge on any atom is 0.317 e. The minimum atomic E-state index is -0.792. The first kappa shape index (κ1) is 16.7. The lowest BCUT2D eigenvalue weighted by Crippen LogP contribution is -2.54. The lowest BCUT2D eigenvalue weighted by atomic mass is 10.0. The van der Waals surface area contributed by atoms with Crippen molar-refractivity contribution in [2.45, 2.75) is 32.2 Å². The number of urea groups is 1. The first-order valence-corrected chi connectivity index (χ1v) is 6.99. The fourth-order valence-electron chi connectivity index (χ4n) is 2.11. The van der Waals surface area contributed by atoms with Crippen molar-refractivity contribution in [2.24, 2.45) is 5.92 Å². The van der Waals surface area contributed by atoms with Gasteiger partial charge in [0.05, 0.1) is 25.9 Å². The van der Waals surface area contributed by atoms with Gasteiger partial charge in [-0.05, 0) is 18.8 Å². The van der Waals surface area contributed by atoms with E-state index in [1.807, 2.05) is 6.92 Å². The standard InChI is InChI=1S/C13H24N2O5/c1-10(2-3-12(17)18)4-5-14-13(19)15-6-7-20-9-11(15)8-16/h10-11,16H,2-9H2,1H3,(H,14,19)(H,17,18). The summed E-state index contributed by atoms with van der Waals surface area (Å²) >= 11 is 0. The number of carbonyl (C=O) groups is 2. The molecule has 7 nitrogen and oxygen atoms in total. The lowest BCUT2D eigenvalue weighted by Gasteiger charge is -2.34. The second-order valence-corrected chi connectivity index (χ2v) is 5.16. The molecule has 1 saturated heterocycles. The summed E-state index contributed by atoms with van der Waals surface area (Å²) in [4.78, 5) is 24.0. The number of hydrogen-bond donors (Lipinski definition) is 3. The van der Waals surface area contributed by atoms with E-state index in [1.165, 1.54) is 0 Å². The van der Waals surface area contributed by atoms with Gasteiger partial charge < -0.3 is 25.2 Å². The number of ether oxygens (including phenoxy) is 1. The third kappa shape index (κ3) is 5.75. The minimum Gasteiger partial charge on any atom is -0.481 e. The van der Waals surface area contributed by atoms with E-state index in [-0.39, 0.29) is 31.0 Å². The summed E-state index contributed by atoms with van der Waals surface area (Å²) < 4.78 is 5.21. The zero-order valence-corrected chi connectivity index (χ0v) is 11.9. The highest BCUT2D eigenvalue weighted by atomic mass is 16.5. The number of nitrogens with one attached hydrogen (secondary N) is 1. The van der Waals surface area contributed by atoms with Crippen LogP contribution < -0.4 is 5.32 Å². The van der Waals surface area contributed by atoms with Gasteiger partial charge in [0.25, 0.3) is 0 Å². The summed E-state index contributed by atoms with van der Waals surface area (Å²) in [5.41, 5.74) is 0. The third-order valence-electron chi connectivity index (χ3n) is 3.46. The quantitative estimate of drug-likeness (QED) is 0.625. The molecular formula is C13H24N2O5. The Labute approximate surface area is 118 Å². The zero-order chi connectivity index (χ0) is 15.0. The number of amides is 2. The van der Waals surface area contributed by atoms with Crippen molar-refractivity contribution in [3.8, 4) is 0 Å². The molecule has 0 aromatic heterocycles. The van der Waals surface area contributed by atoms with Gasteiger partial charge >= 0.3 is 12.0 Å². The molecule has 1 rings (SSSR count). The molecule has 20 heavy (non-hydrogen) atoms. The first-order valence-electron chi connectivity index (χ1n) is 6.99. The first-order chi connectivity index (χ1) is 9.54. The molecule has 1 aliphatic rings. The molecule has 3 N–H and O–H groups in total. The van der Waals surface area contributed by atoms with E-state index in [2.05, 4.69) is 5.32 Å². The lowest BCUT2D eigenvalue weighted by molar-refractivity contribution is -0.137. The summed E-state index contributed by atoms with van der Waals surface area (Å²) in [7, 11) is 0. The van der Waals surface area contributed by atoms with E-state index in [9.17, 15) is 14.7 Å². The number of carboxylic acid groups (broad SMARTS) is 1. The maximum absolute atomic E-state index is 12.0. The van der Waals surface area contributed by atoms with Crippen molar-refractivity contribution in [3.63, 3.8) is 0 Å². The number of aliphatic hydroxyl groups is 1. The molecule has 0 aliphatic carbocycles. The number of rotatable bonds is 7. The summed E-state index contributed by atoms with van der Waals surface area (Å²) in [6, 6.07) is -0.481. The van der Waals surface area contributed by atoms with Crippen molar-refractivity contribution in [1.82, 2.24) is 10.2 Å². The average Bonchev–Trinajstić information content (AvgIpc) is 2.44. The monoisotopic (exact) mass is 288 g/mol. The zero-order valence-electron chi connectivity index (χ0n) is 11.9. The Bertz CT molecular complexity index is 324. The van der Waals surface area contributed by atoms with Crippen LogP contribution in [-0.4, -0.2) is 66.1 Å². The molecule has 2 unspecified atom stereocenters. The van der Waals surface area contributed by atoms with Gasteiger partial charge in [-0.1, -0.05) is 6.92 Å². The van der Waals surface area contributed by atoms with Crippen LogP contribution in [0.15, 0.2) is 0 Å². The normalized spacial score (nSPS) is 20.5. The highest BCUT2D eigenvalue weighted by Crippen LogP contribution is 2.10. The summed E-state index contributed by atoms with van der Waals surface area (Å²) in [6.07, 6.45) is 1.51. The largest absolute Gasteiger partial charge is 0.481 e. The Morgan fingerprint density at radius 2 is 2.20 bits per heavy atom. The van der Waals surface area contributed by atoms with Gasteiger partial charge in [0.2, 0.25) is 0 Å². The number of nitrogens with zero attached hydrogens (tertiary/aromatic N) is 1. The van der Waals surface area contributed by atoms with Crippen LogP contribution in [0.4, 0.5) is 4.79 Å². The van der Waals surface area contributed by atoms with Crippen LogP contribution in [0.1, 0.15) is 26.2 Å². The molecule has 116 valence electrons. The topological polar surface area (TPSA) is 99.1 Å². The Morgan fingerprint density at radius 3 is 2.85 bits per heavy atom. The number of hydrogen-bond acceptors (Lipinski definition) is 4. The highest BCUT2D eigenvalue weighted by molar-refractivity contribution is 5.74. The van der Waals surface area contributed by atoms with Crippen molar-refractivity contribution in [3.05, 3.63) is 0 Å². The van der Waals surface area contributed by atoms with Crippen LogP contribution in [0, 0.1) is 5.92 Å². The Hall–Kier alpha value is -1.34. The molecule has 0 spiro atoms. The molecule has 7 heteroatoms. The molecule has 0 saturated carbocycles. The van der Waals surface area contributed by atoms with E-state index in [4.69, 9.17) is 9.84 Å². The number of carboxylic acids is 1. The third-order valence-corrected chi connectivity index (χ3v) is 3.46. The molecule has 1 aliphatic heterocycles. The number of carbonyl (C=O) groups excluding carboxylic acids is 1. The maximum atomic E-state index is 12.0. The fraction of sp³-hybridized carbons (Fsp3) is 0.846. The smallest absolute Gasteiger partial charge is 0.317 e. The Balaban J connectivity index is 2.23. The van der Waals surface area contributed by atoms with Crippen LogP contribution in [0.25, 0.3) is 0 Å². The summed E-state index contributed by atoms with van der Waals surface area (Å²) in [5, 5.41) is 20.6. The van der Waals surface area contributed by atoms with Gasteiger partial charge in [0, 0.05) is 19.5 Å². The molecule has 0 aromatic carbocycles. The minimum absolute atomic E-state index is 0.109. The predicted molar refractivity (Wildman–Crippen MR) is 72.4 cm³/mol. The van der Waals surface area contributed by atoms with Crippen molar-refractivity contribution in [1.29, 1.82) is 0 Å². The van der Waals surface area contributed by atoms with Gasteiger partial charge in [0.15, 0.2) is 0 Å². The van der Waals surface area contributed by atoms with Gasteiger partial charge in [-0.2, -0.15) is 0 Å². The van der Waals surface area contributed by atoms with E-state index in [1.54, 1.807) is 4.90 Å². The fourth-order valence-corrected chi connectivity index (χ4v) is 2.11. The van der Waals surface area contributed by atoms with Crippen LogP contribution in [0.2, 0.25) is 0 Å². The van der Waals surface area contributed by atoms with Gasteiger partial charge in [-0.15, -0.1) is 0 Å². The Kier molecular flexibility index (Phi) is 7.32. The molecule has 0 radical (unpaired) electrons. The Morgan fingerprint density at radius 1 is 1.45 bits per heavy atom. The molecule has 1 heterocycles. The van der Waals surface area contributed by atoms with Crippen LogP contribution in [0.5, 0.6) is 0 Å². The van der Waals surface area contributed by atoms with E-state index < -0.39 is 5.97 Å². The van der Waals surface area contributed by atoms with Gasteiger partial charge in [-0.3, -0.25) is 4.79 Å². The molecule has 0 bridgehead atoms. The second-order valence-electron chi connectivity index (χ2n) is 5.16. The van der Waals surface area contributed by atoms with E-state index >= 15 is 0 Å². The van der Waals surface area contributed by atoms with E-state index in [0.29, 0.717) is 32.7 Å². The van der Waals surface area contributed by atoms with Gasteiger partial charge in [-0.25, -0.2) is 4.79 Å². The average molecular weight is 288 g/mol. The second kappa shape index (κ2) is 8.76. The van der Waals surface area contributed by atoms with Crippen LogP contribution in [-0.2, 0) is 9.53 Å². The summed E-state index contributed by atoms with van der Waals surface area (Å²) in [6.45, 7) is 3.70. The van der Waals surface area contributed by atoms with Gasteiger partial charge in [0.1, 0.15) is 0 Å². The number of aliphatic hydroxyl groups excluding tert-OH is 1. The highest BCUT2D eigenvalue weighted by Gasteiger charge is 2.26. The summed E-state index contributed by atoms with van der Waals surface area (Å²) in [5.74, 6) is -0.537. The molecular weight excluding hydrogens is 264 g/mol. The van der Waals surface area contributed by atoms with Crippen LogP contribution >= 0.6 is 0 Å². The van der Waals surface area contributed by atoms with Crippen LogP contribution in [0.3, 0.4) is 0 Å². The molecule has 2 atom stereocenters. The van der Waals surface area contributed by atoms with Crippen molar-refractivity contribution >= 4 is 12.0 Å². The SMILES string of the molecule is CC(CCNC(=O)N1CCOCC1CO)CCC(=O)O.